The maximum absolute atomic E-state index is 12.5. The quantitative estimate of drug-likeness (QED) is 0.306. The monoisotopic (exact) mass is 565 g/mol. The van der Waals surface area contributed by atoms with E-state index in [1.807, 2.05) is 24.3 Å². The summed E-state index contributed by atoms with van der Waals surface area (Å²) in [6.45, 7) is 1.07. The lowest BCUT2D eigenvalue weighted by Gasteiger charge is -2.16. The molecule has 0 spiro atoms. The lowest BCUT2D eigenvalue weighted by Crippen LogP contribution is -2.25. The molecular formula is C22H17Br2NO7. The van der Waals surface area contributed by atoms with Crippen LogP contribution in [0.2, 0.25) is 0 Å². The number of halogens is 2. The van der Waals surface area contributed by atoms with Gasteiger partial charge in [-0.2, -0.15) is 0 Å². The highest BCUT2D eigenvalue weighted by Crippen LogP contribution is 2.34. The SMILES string of the molecule is O=C(O)c1cc(Br)c(O)cc1O.O=C(c1cc(Br)c(O)cc1O)N1Cc2ccccc2C1. The van der Waals surface area contributed by atoms with Gasteiger partial charge in [0.2, 0.25) is 0 Å². The van der Waals surface area contributed by atoms with E-state index in [9.17, 15) is 19.8 Å². The van der Waals surface area contributed by atoms with E-state index in [0.717, 1.165) is 23.3 Å². The van der Waals surface area contributed by atoms with Gasteiger partial charge in [0.1, 0.15) is 28.6 Å². The number of aromatic carboxylic acids is 1. The Labute approximate surface area is 199 Å². The fourth-order valence-corrected chi connectivity index (χ4v) is 3.78. The highest BCUT2D eigenvalue weighted by molar-refractivity contribution is 9.10. The molecule has 10 heteroatoms. The van der Waals surface area contributed by atoms with Gasteiger partial charge in [-0.05, 0) is 55.1 Å². The van der Waals surface area contributed by atoms with Crippen LogP contribution in [0.3, 0.4) is 0 Å². The number of rotatable bonds is 2. The van der Waals surface area contributed by atoms with E-state index in [-0.39, 0.29) is 38.8 Å². The highest BCUT2D eigenvalue weighted by atomic mass is 79.9. The van der Waals surface area contributed by atoms with Gasteiger partial charge >= 0.3 is 5.97 Å². The lowest BCUT2D eigenvalue weighted by molar-refractivity contribution is 0.0692. The average Bonchev–Trinajstić information content (AvgIpc) is 3.17. The molecule has 5 N–H and O–H groups in total. The van der Waals surface area contributed by atoms with Crippen molar-refractivity contribution in [3.63, 3.8) is 0 Å². The van der Waals surface area contributed by atoms with Crippen LogP contribution in [0.1, 0.15) is 31.8 Å². The van der Waals surface area contributed by atoms with E-state index in [1.165, 1.54) is 12.1 Å². The fraction of sp³-hybridized carbons (Fsp3) is 0.0909. The molecule has 3 aromatic carbocycles. The van der Waals surface area contributed by atoms with Crippen molar-refractivity contribution < 1.29 is 35.1 Å². The minimum Gasteiger partial charge on any atom is -0.507 e. The van der Waals surface area contributed by atoms with Gasteiger partial charge in [-0.15, -0.1) is 0 Å². The topological polar surface area (TPSA) is 139 Å². The molecule has 0 aromatic heterocycles. The predicted octanol–water partition coefficient (Wildman–Crippen LogP) is 4.57. The third-order valence-corrected chi connectivity index (χ3v) is 5.99. The summed E-state index contributed by atoms with van der Waals surface area (Å²) in [4.78, 5) is 24.6. The lowest BCUT2D eigenvalue weighted by atomic mass is 10.1. The zero-order chi connectivity index (χ0) is 23.6. The Hall–Kier alpha value is -3.24. The van der Waals surface area contributed by atoms with Crippen LogP contribution in [0.4, 0.5) is 0 Å². The van der Waals surface area contributed by atoms with Gasteiger partial charge in [-0.1, -0.05) is 24.3 Å². The fourth-order valence-electron chi connectivity index (χ4n) is 3.09. The first-order valence-electron chi connectivity index (χ1n) is 9.10. The van der Waals surface area contributed by atoms with Crippen LogP contribution in [0, 0.1) is 0 Å². The van der Waals surface area contributed by atoms with Gasteiger partial charge < -0.3 is 30.4 Å². The van der Waals surface area contributed by atoms with Gasteiger partial charge in [0, 0.05) is 25.2 Å². The molecule has 0 saturated carbocycles. The molecule has 0 unspecified atom stereocenters. The summed E-state index contributed by atoms with van der Waals surface area (Å²) in [5, 5.41) is 45.9. The maximum Gasteiger partial charge on any atom is 0.339 e. The number of carbonyl (C=O) groups excluding carboxylic acids is 1. The summed E-state index contributed by atoms with van der Waals surface area (Å²) in [7, 11) is 0. The average molecular weight is 567 g/mol. The maximum atomic E-state index is 12.5. The molecule has 0 saturated heterocycles. The van der Waals surface area contributed by atoms with E-state index in [1.54, 1.807) is 4.90 Å². The van der Waals surface area contributed by atoms with E-state index in [2.05, 4.69) is 31.9 Å². The predicted molar refractivity (Wildman–Crippen MR) is 122 cm³/mol. The second-order valence-corrected chi connectivity index (χ2v) is 8.59. The Morgan fingerprint density at radius 1 is 0.719 bits per heavy atom. The van der Waals surface area contributed by atoms with Crippen LogP contribution in [-0.2, 0) is 13.1 Å². The van der Waals surface area contributed by atoms with Crippen LogP contribution < -0.4 is 0 Å². The van der Waals surface area contributed by atoms with Gasteiger partial charge in [0.05, 0.1) is 14.5 Å². The number of phenolic OH excluding ortho intramolecular Hbond substituents is 3. The number of benzene rings is 3. The van der Waals surface area contributed by atoms with Gasteiger partial charge in [-0.25, -0.2) is 4.79 Å². The molecule has 1 amide bonds. The van der Waals surface area contributed by atoms with Gasteiger partial charge in [0.15, 0.2) is 0 Å². The number of hydrogen-bond donors (Lipinski definition) is 5. The Kier molecular flexibility index (Phi) is 6.95. The smallest absolute Gasteiger partial charge is 0.339 e. The van der Waals surface area contributed by atoms with Crippen molar-refractivity contribution in [2.75, 3.05) is 0 Å². The van der Waals surface area contributed by atoms with Crippen LogP contribution >= 0.6 is 31.9 Å². The Morgan fingerprint density at radius 3 is 1.62 bits per heavy atom. The van der Waals surface area contributed by atoms with E-state index >= 15 is 0 Å². The summed E-state index contributed by atoms with van der Waals surface area (Å²) in [5.74, 6) is -2.45. The summed E-state index contributed by atoms with van der Waals surface area (Å²) >= 11 is 6.08. The molecule has 3 aromatic rings. The molecule has 0 atom stereocenters. The molecule has 1 aliphatic heterocycles. The van der Waals surface area contributed by atoms with Crippen molar-refractivity contribution in [3.8, 4) is 23.0 Å². The minimum atomic E-state index is -1.24. The summed E-state index contributed by atoms with van der Waals surface area (Å²) < 4.78 is 0.619. The van der Waals surface area contributed by atoms with Crippen molar-refractivity contribution in [3.05, 3.63) is 79.7 Å². The summed E-state index contributed by atoms with van der Waals surface area (Å²) in [5.41, 5.74) is 2.18. The third-order valence-electron chi connectivity index (χ3n) is 4.72. The van der Waals surface area contributed by atoms with Crippen molar-refractivity contribution in [2.45, 2.75) is 13.1 Å². The standard InChI is InChI=1S/C15H12BrNO3.C7H5BrO4/c16-12-5-11(13(18)6-14(12)19)15(20)17-7-9-3-1-2-4-10(9)8-17;8-4-1-3(7(11)12)5(9)2-6(4)10/h1-6,18-19H,7-8H2;1-2,9-10H,(H,11,12). The number of carboxylic acid groups (broad SMARTS) is 1. The molecule has 8 nitrogen and oxygen atoms in total. The van der Waals surface area contributed by atoms with Crippen molar-refractivity contribution >= 4 is 43.7 Å². The van der Waals surface area contributed by atoms with Crippen LogP contribution in [0.25, 0.3) is 0 Å². The zero-order valence-electron chi connectivity index (χ0n) is 16.3. The number of amides is 1. The first-order valence-corrected chi connectivity index (χ1v) is 10.7. The molecule has 1 aliphatic rings. The Balaban J connectivity index is 0.000000207. The third kappa shape index (κ3) is 4.97. The molecule has 0 aliphatic carbocycles. The molecule has 0 radical (unpaired) electrons. The van der Waals surface area contributed by atoms with Gasteiger partial charge in [-0.3, -0.25) is 4.79 Å². The van der Waals surface area contributed by atoms with E-state index in [0.29, 0.717) is 17.6 Å². The van der Waals surface area contributed by atoms with Crippen LogP contribution in [0.15, 0.2) is 57.5 Å². The number of carboxylic acids is 1. The summed E-state index contributed by atoms with van der Waals surface area (Å²) in [6, 6.07) is 12.6. The normalized spacial score (nSPS) is 12.0. The number of carbonyl (C=O) groups is 2. The van der Waals surface area contributed by atoms with E-state index in [4.69, 9.17) is 15.3 Å². The number of aromatic hydroxyl groups is 4. The molecule has 166 valence electrons. The number of hydrogen-bond acceptors (Lipinski definition) is 6. The zero-order valence-corrected chi connectivity index (χ0v) is 19.5. The van der Waals surface area contributed by atoms with Crippen LogP contribution in [-0.4, -0.2) is 42.3 Å². The highest BCUT2D eigenvalue weighted by Gasteiger charge is 2.26. The molecule has 4 rings (SSSR count). The second kappa shape index (κ2) is 9.49. The largest absolute Gasteiger partial charge is 0.507 e. The van der Waals surface area contributed by atoms with E-state index < -0.39 is 11.7 Å². The number of nitrogens with zero attached hydrogens (tertiary/aromatic N) is 1. The van der Waals surface area contributed by atoms with Crippen molar-refractivity contribution in [1.82, 2.24) is 4.90 Å². The number of fused-ring (bicyclic) bond motifs is 1. The summed E-state index contributed by atoms with van der Waals surface area (Å²) in [6.07, 6.45) is 0. The molecule has 0 fully saturated rings. The van der Waals surface area contributed by atoms with Crippen molar-refractivity contribution in [2.24, 2.45) is 0 Å². The molecular weight excluding hydrogens is 550 g/mol. The van der Waals surface area contributed by atoms with Crippen molar-refractivity contribution in [1.29, 1.82) is 0 Å². The first kappa shape index (κ1) is 23.4. The van der Waals surface area contributed by atoms with Crippen LogP contribution in [0.5, 0.6) is 23.0 Å². The Bertz CT molecular complexity index is 1190. The molecule has 1 heterocycles. The minimum absolute atomic E-state index is 0.0937. The molecule has 32 heavy (non-hydrogen) atoms. The van der Waals surface area contributed by atoms with Gasteiger partial charge in [0.25, 0.3) is 5.91 Å². The first-order chi connectivity index (χ1) is 15.1. The second-order valence-electron chi connectivity index (χ2n) is 6.88. The number of phenols is 4. The Morgan fingerprint density at radius 2 is 1.16 bits per heavy atom. The molecule has 0 bridgehead atoms.